The SMILES string of the molecule is O=Cc1cccc(CC2(F)CCCSC2)c1. The van der Waals surface area contributed by atoms with E-state index >= 15 is 0 Å². The molecule has 1 heterocycles. The van der Waals surface area contributed by atoms with E-state index in [-0.39, 0.29) is 0 Å². The number of carbonyl (C=O) groups excluding carboxylic acids is 1. The van der Waals surface area contributed by atoms with Gasteiger partial charge in [0.1, 0.15) is 12.0 Å². The summed E-state index contributed by atoms with van der Waals surface area (Å²) in [6.07, 6.45) is 2.84. The molecule has 0 N–H and O–H groups in total. The Morgan fingerprint density at radius 2 is 2.38 bits per heavy atom. The van der Waals surface area contributed by atoms with E-state index in [0.717, 1.165) is 24.0 Å². The third kappa shape index (κ3) is 2.85. The van der Waals surface area contributed by atoms with Crippen LogP contribution >= 0.6 is 11.8 Å². The molecule has 1 aromatic carbocycles. The molecule has 0 radical (unpaired) electrons. The lowest BCUT2D eigenvalue weighted by molar-refractivity contribution is 0.112. The Morgan fingerprint density at radius 3 is 3.06 bits per heavy atom. The molecule has 3 heteroatoms. The van der Waals surface area contributed by atoms with Crippen molar-refractivity contribution in [2.24, 2.45) is 0 Å². The summed E-state index contributed by atoms with van der Waals surface area (Å²) in [7, 11) is 0. The summed E-state index contributed by atoms with van der Waals surface area (Å²) in [4.78, 5) is 10.6. The molecular weight excluding hydrogens is 223 g/mol. The summed E-state index contributed by atoms with van der Waals surface area (Å²) in [5, 5.41) is 0. The van der Waals surface area contributed by atoms with Gasteiger partial charge in [0, 0.05) is 17.7 Å². The molecule has 0 spiro atoms. The monoisotopic (exact) mass is 238 g/mol. The number of hydrogen-bond acceptors (Lipinski definition) is 2. The predicted molar refractivity (Wildman–Crippen MR) is 65.9 cm³/mol. The van der Waals surface area contributed by atoms with Crippen molar-refractivity contribution in [2.45, 2.75) is 24.9 Å². The molecule has 1 fully saturated rings. The van der Waals surface area contributed by atoms with Crippen molar-refractivity contribution in [2.75, 3.05) is 11.5 Å². The van der Waals surface area contributed by atoms with E-state index in [1.54, 1.807) is 23.9 Å². The quantitative estimate of drug-likeness (QED) is 0.752. The highest BCUT2D eigenvalue weighted by molar-refractivity contribution is 7.99. The van der Waals surface area contributed by atoms with Crippen molar-refractivity contribution in [3.63, 3.8) is 0 Å². The van der Waals surface area contributed by atoms with Gasteiger partial charge in [0.2, 0.25) is 0 Å². The Hall–Kier alpha value is -0.830. The fraction of sp³-hybridized carbons (Fsp3) is 0.462. The number of thioether (sulfide) groups is 1. The van der Waals surface area contributed by atoms with Crippen LogP contribution in [0.15, 0.2) is 24.3 Å². The summed E-state index contributed by atoms with van der Waals surface area (Å²) in [6.45, 7) is 0. The lowest BCUT2D eigenvalue weighted by atomic mass is 9.92. The van der Waals surface area contributed by atoms with E-state index in [2.05, 4.69) is 0 Å². The maximum Gasteiger partial charge on any atom is 0.150 e. The van der Waals surface area contributed by atoms with E-state index in [0.29, 0.717) is 24.2 Å². The lowest BCUT2D eigenvalue weighted by Gasteiger charge is -2.29. The predicted octanol–water partition coefficient (Wildman–Crippen LogP) is 3.28. The molecule has 0 aliphatic carbocycles. The first-order valence-electron chi connectivity index (χ1n) is 5.53. The lowest BCUT2D eigenvalue weighted by Crippen LogP contribution is -2.32. The van der Waals surface area contributed by atoms with Gasteiger partial charge in [-0.25, -0.2) is 4.39 Å². The van der Waals surface area contributed by atoms with Gasteiger partial charge in [-0.2, -0.15) is 11.8 Å². The maximum absolute atomic E-state index is 14.4. The molecule has 1 aliphatic heterocycles. The molecule has 0 bridgehead atoms. The minimum atomic E-state index is -1.08. The molecule has 0 aromatic heterocycles. The van der Waals surface area contributed by atoms with Gasteiger partial charge in [-0.3, -0.25) is 4.79 Å². The molecular formula is C13H15FOS. The maximum atomic E-state index is 14.4. The van der Waals surface area contributed by atoms with Crippen LogP contribution in [0.1, 0.15) is 28.8 Å². The van der Waals surface area contributed by atoms with Crippen molar-refractivity contribution in [1.29, 1.82) is 0 Å². The number of carbonyl (C=O) groups is 1. The van der Waals surface area contributed by atoms with Gasteiger partial charge in [0.05, 0.1) is 0 Å². The number of halogens is 1. The minimum Gasteiger partial charge on any atom is -0.298 e. The third-order valence-corrected chi connectivity index (χ3v) is 4.18. The first kappa shape index (κ1) is 11.6. The van der Waals surface area contributed by atoms with Gasteiger partial charge in [-0.1, -0.05) is 18.2 Å². The largest absolute Gasteiger partial charge is 0.298 e. The topological polar surface area (TPSA) is 17.1 Å². The molecule has 16 heavy (non-hydrogen) atoms. The molecule has 1 aromatic rings. The van der Waals surface area contributed by atoms with Crippen LogP contribution in [0.3, 0.4) is 0 Å². The van der Waals surface area contributed by atoms with Crippen LogP contribution in [0.4, 0.5) is 4.39 Å². The molecule has 86 valence electrons. The Balaban J connectivity index is 2.09. The van der Waals surface area contributed by atoms with E-state index < -0.39 is 5.67 Å². The molecule has 1 aliphatic rings. The second-order valence-corrected chi connectivity index (χ2v) is 5.45. The number of hydrogen-bond donors (Lipinski definition) is 0. The standard InChI is InChI=1S/C13H15FOS/c14-13(5-2-6-16-10-13)8-11-3-1-4-12(7-11)9-15/h1,3-4,7,9H,2,5-6,8,10H2. The highest BCUT2D eigenvalue weighted by Gasteiger charge is 2.32. The van der Waals surface area contributed by atoms with Crippen LogP contribution in [0.25, 0.3) is 0 Å². The highest BCUT2D eigenvalue weighted by Crippen LogP contribution is 2.33. The van der Waals surface area contributed by atoms with Gasteiger partial charge in [-0.15, -0.1) is 0 Å². The molecule has 1 unspecified atom stereocenters. The summed E-state index contributed by atoms with van der Waals surface area (Å²) in [5.41, 5.74) is 0.476. The van der Waals surface area contributed by atoms with E-state index in [1.165, 1.54) is 0 Å². The summed E-state index contributed by atoms with van der Waals surface area (Å²) in [5.74, 6) is 1.65. The number of benzene rings is 1. The summed E-state index contributed by atoms with van der Waals surface area (Å²) < 4.78 is 14.4. The second kappa shape index (κ2) is 5.00. The highest BCUT2D eigenvalue weighted by atomic mass is 32.2. The number of rotatable bonds is 3. The van der Waals surface area contributed by atoms with Crippen LogP contribution in [-0.2, 0) is 6.42 Å². The number of aldehydes is 1. The molecule has 0 saturated carbocycles. The van der Waals surface area contributed by atoms with Gasteiger partial charge in [0.15, 0.2) is 0 Å². The summed E-state index contributed by atoms with van der Waals surface area (Å²) >= 11 is 1.69. The van der Waals surface area contributed by atoms with Crippen molar-refractivity contribution in [1.82, 2.24) is 0 Å². The van der Waals surface area contributed by atoms with Crippen LogP contribution in [0, 0.1) is 0 Å². The fourth-order valence-corrected chi connectivity index (χ4v) is 3.20. The Bertz CT molecular complexity index is 372. The molecule has 2 rings (SSSR count). The van der Waals surface area contributed by atoms with Gasteiger partial charge >= 0.3 is 0 Å². The average molecular weight is 238 g/mol. The van der Waals surface area contributed by atoms with Crippen molar-refractivity contribution >= 4 is 18.0 Å². The number of alkyl halides is 1. The normalized spacial score (nSPS) is 25.3. The van der Waals surface area contributed by atoms with Crippen LogP contribution in [-0.4, -0.2) is 23.5 Å². The van der Waals surface area contributed by atoms with Crippen molar-refractivity contribution in [3.05, 3.63) is 35.4 Å². The van der Waals surface area contributed by atoms with E-state index in [1.807, 2.05) is 12.1 Å². The van der Waals surface area contributed by atoms with Crippen molar-refractivity contribution in [3.8, 4) is 0 Å². The van der Waals surface area contributed by atoms with Crippen LogP contribution in [0.2, 0.25) is 0 Å². The zero-order valence-electron chi connectivity index (χ0n) is 9.12. The van der Waals surface area contributed by atoms with E-state index in [9.17, 15) is 9.18 Å². The zero-order chi connectivity index (χ0) is 11.4. The Labute approximate surface area is 99.4 Å². The first-order valence-corrected chi connectivity index (χ1v) is 6.68. The average Bonchev–Trinajstić information content (AvgIpc) is 2.29. The molecule has 1 nitrogen and oxygen atoms in total. The molecule has 1 saturated heterocycles. The molecule has 0 amide bonds. The van der Waals surface area contributed by atoms with Gasteiger partial charge < -0.3 is 0 Å². The van der Waals surface area contributed by atoms with Crippen molar-refractivity contribution < 1.29 is 9.18 Å². The van der Waals surface area contributed by atoms with E-state index in [4.69, 9.17) is 0 Å². The minimum absolute atomic E-state index is 0.432. The van der Waals surface area contributed by atoms with Crippen LogP contribution < -0.4 is 0 Å². The fourth-order valence-electron chi connectivity index (χ4n) is 2.10. The van der Waals surface area contributed by atoms with Crippen LogP contribution in [0.5, 0.6) is 0 Å². The van der Waals surface area contributed by atoms with Gasteiger partial charge in [0.25, 0.3) is 0 Å². The third-order valence-electron chi connectivity index (χ3n) is 2.88. The zero-order valence-corrected chi connectivity index (χ0v) is 9.93. The van der Waals surface area contributed by atoms with Gasteiger partial charge in [-0.05, 0) is 30.2 Å². The second-order valence-electron chi connectivity index (χ2n) is 4.35. The summed E-state index contributed by atoms with van der Waals surface area (Å²) in [6, 6.07) is 7.25. The smallest absolute Gasteiger partial charge is 0.150 e. The molecule has 1 atom stereocenters. The Kier molecular flexibility index (Phi) is 3.64. The Morgan fingerprint density at radius 1 is 1.50 bits per heavy atom. The first-order chi connectivity index (χ1) is 7.72.